The first-order valence-corrected chi connectivity index (χ1v) is 12.6. The minimum Gasteiger partial charge on any atom is -0.386 e. The van der Waals surface area contributed by atoms with Crippen molar-refractivity contribution in [2.45, 2.75) is 24.0 Å². The van der Waals surface area contributed by atoms with Gasteiger partial charge in [-0.05, 0) is 0 Å². The van der Waals surface area contributed by atoms with E-state index in [1.807, 2.05) is 5.92 Å². The summed E-state index contributed by atoms with van der Waals surface area (Å²) in [5, 5.41) is 24.4. The molecule has 1 aliphatic rings. The fourth-order valence-electron chi connectivity index (χ4n) is 2.46. The Labute approximate surface area is 181 Å². The van der Waals surface area contributed by atoms with E-state index in [1.54, 1.807) is 10.9 Å². The minimum absolute atomic E-state index is 0.308. The van der Waals surface area contributed by atoms with E-state index in [0.29, 0.717) is 10.9 Å². The Bertz CT molecular complexity index is 1200. The number of nitrogens with zero attached hydrogens (tertiary/aromatic N) is 2. The number of H-pyrrole nitrogens is 1. The molecular weight excluding hydrogens is 526 g/mol. The van der Waals surface area contributed by atoms with Crippen LogP contribution in [0, 0.1) is 11.8 Å². The summed E-state index contributed by atoms with van der Waals surface area (Å²) in [6, 6.07) is 0. The van der Waals surface area contributed by atoms with Crippen LogP contribution in [0.25, 0.3) is 0 Å². The van der Waals surface area contributed by atoms with Gasteiger partial charge in [-0.15, -0.1) is 0 Å². The van der Waals surface area contributed by atoms with Crippen LogP contribution in [-0.4, -0.2) is 75.6 Å². The second-order valence-electron chi connectivity index (χ2n) is 6.00. The fourth-order valence-corrected chi connectivity index (χ4v) is 5.49. The van der Waals surface area contributed by atoms with Gasteiger partial charge in [0.05, 0.1) is 6.61 Å². The van der Waals surface area contributed by atoms with Gasteiger partial charge in [0, 0.05) is 0 Å². The first kappa shape index (κ1) is 27.6. The SMILES string of the molecule is O=c1cnn([C@@H]2O[C@H](COP(=O)(O)OP(=O)(O)OP(=O)(O)O)[C@H](O)C2(O)C#CCF)c(=O)[nH]1. The quantitative estimate of drug-likeness (QED) is 0.130. The number of ether oxygens (including phenoxy) is 1. The number of aliphatic hydroxyl groups is 2. The van der Waals surface area contributed by atoms with Gasteiger partial charge in [-0.25, -0.2) is 22.9 Å². The molecule has 0 saturated carbocycles. The Balaban J connectivity index is 2.26. The van der Waals surface area contributed by atoms with Crippen LogP contribution in [0.1, 0.15) is 6.23 Å². The Kier molecular flexibility index (Phi) is 8.32. The molecule has 0 spiro atoms. The Morgan fingerprint density at radius 1 is 1.21 bits per heavy atom. The van der Waals surface area contributed by atoms with Gasteiger partial charge >= 0.3 is 29.2 Å². The molecule has 3 unspecified atom stereocenters. The van der Waals surface area contributed by atoms with Crippen LogP contribution in [0.3, 0.4) is 0 Å². The molecule has 6 atom stereocenters. The molecule has 1 fully saturated rings. The molecule has 22 heteroatoms. The van der Waals surface area contributed by atoms with Crippen molar-refractivity contribution in [1.82, 2.24) is 14.8 Å². The summed E-state index contributed by atoms with van der Waals surface area (Å²) < 4.78 is 63.1. The summed E-state index contributed by atoms with van der Waals surface area (Å²) in [6.45, 7) is -2.55. The molecule has 2 rings (SSSR count). The Morgan fingerprint density at radius 2 is 1.85 bits per heavy atom. The van der Waals surface area contributed by atoms with Gasteiger partial charge in [0.2, 0.25) is 5.60 Å². The number of phosphoric ester groups is 1. The number of phosphoric acid groups is 3. The summed E-state index contributed by atoms with van der Waals surface area (Å²) in [6.07, 6.45) is -5.50. The number of nitrogens with one attached hydrogen (secondary N) is 1. The predicted molar refractivity (Wildman–Crippen MR) is 97.6 cm³/mol. The van der Waals surface area contributed by atoms with E-state index in [2.05, 4.69) is 18.2 Å². The van der Waals surface area contributed by atoms with Crippen LogP contribution in [-0.2, 0) is 31.6 Å². The monoisotopic (exact) mass is 541 g/mol. The highest BCUT2D eigenvalue weighted by atomic mass is 31.3. The van der Waals surface area contributed by atoms with E-state index in [9.17, 15) is 42.8 Å². The van der Waals surface area contributed by atoms with Gasteiger partial charge in [0.1, 0.15) is 25.1 Å². The van der Waals surface area contributed by atoms with Crippen LogP contribution in [0.5, 0.6) is 0 Å². The van der Waals surface area contributed by atoms with Crippen LogP contribution in [0.15, 0.2) is 15.8 Å². The first-order valence-electron chi connectivity index (χ1n) is 8.08. The number of halogens is 1. The Morgan fingerprint density at radius 3 is 2.39 bits per heavy atom. The molecule has 2 heterocycles. The summed E-state index contributed by atoms with van der Waals surface area (Å²) >= 11 is 0. The van der Waals surface area contributed by atoms with Gasteiger partial charge in [-0.2, -0.15) is 18.4 Å². The molecule has 33 heavy (non-hydrogen) atoms. The lowest BCUT2D eigenvalue weighted by molar-refractivity contribution is -0.0834. The zero-order chi connectivity index (χ0) is 25.2. The topological polar surface area (TPSA) is 277 Å². The third-order valence-electron chi connectivity index (χ3n) is 3.62. The fraction of sp³-hybridized carbons (Fsp3) is 0.545. The largest absolute Gasteiger partial charge is 0.490 e. The van der Waals surface area contributed by atoms with E-state index < -0.39 is 72.0 Å². The molecule has 1 aromatic rings. The van der Waals surface area contributed by atoms with E-state index in [-0.39, 0.29) is 0 Å². The molecule has 186 valence electrons. The van der Waals surface area contributed by atoms with Gasteiger partial charge in [0.15, 0.2) is 6.23 Å². The predicted octanol–water partition coefficient (Wildman–Crippen LogP) is -2.76. The second-order valence-corrected chi connectivity index (χ2v) is 10.4. The molecule has 0 bridgehead atoms. The maximum Gasteiger partial charge on any atom is 0.490 e. The third kappa shape index (κ3) is 7.18. The van der Waals surface area contributed by atoms with Crippen LogP contribution < -0.4 is 11.2 Å². The summed E-state index contributed by atoms with van der Waals surface area (Å²) in [4.78, 5) is 60.5. The normalized spacial score (nSPS) is 29.0. The van der Waals surface area contributed by atoms with Crippen molar-refractivity contribution in [3.8, 4) is 11.8 Å². The second kappa shape index (κ2) is 9.94. The number of aromatic nitrogens is 3. The lowest BCUT2D eigenvalue weighted by atomic mass is 9.95. The molecule has 1 aliphatic heterocycles. The van der Waals surface area contributed by atoms with Crippen molar-refractivity contribution in [1.29, 1.82) is 0 Å². The standard InChI is InChI=1S/C11H15FN3O15P3/c12-3-1-2-11(19)8(17)6(28-9(11)15-10(18)14-7(16)4-13-15)5-27-32(23,24)30-33(25,26)29-31(20,21)22/h4,6,8-9,17,19H,3,5H2,(H,23,24)(H,25,26)(H,14,16,18)(H2,20,21,22)/t6-,8+,9-,11?/m1/s1. The van der Waals surface area contributed by atoms with E-state index >= 15 is 0 Å². The highest BCUT2D eigenvalue weighted by Crippen LogP contribution is 2.66. The summed E-state index contributed by atoms with van der Waals surface area (Å²) in [5.41, 5.74) is -4.99. The van der Waals surface area contributed by atoms with Gasteiger partial charge in [-0.1, -0.05) is 11.8 Å². The zero-order valence-electron chi connectivity index (χ0n) is 15.7. The number of hydrogen-bond acceptors (Lipinski definition) is 12. The van der Waals surface area contributed by atoms with Crippen molar-refractivity contribution in [3.05, 3.63) is 27.0 Å². The number of rotatable bonds is 8. The van der Waals surface area contributed by atoms with Crippen molar-refractivity contribution in [2.24, 2.45) is 0 Å². The zero-order valence-corrected chi connectivity index (χ0v) is 18.4. The third-order valence-corrected chi connectivity index (χ3v) is 7.42. The van der Waals surface area contributed by atoms with Crippen molar-refractivity contribution >= 4 is 23.5 Å². The molecule has 1 aromatic heterocycles. The Hall–Kier alpha value is -1.61. The maximum absolute atomic E-state index is 12.5. The molecule has 0 aliphatic carbocycles. The number of aliphatic hydroxyl groups excluding tert-OH is 1. The van der Waals surface area contributed by atoms with Gasteiger partial charge in [0.25, 0.3) is 5.56 Å². The van der Waals surface area contributed by atoms with Gasteiger partial charge < -0.3 is 34.5 Å². The molecule has 0 aromatic carbocycles. The maximum atomic E-state index is 12.5. The smallest absolute Gasteiger partial charge is 0.386 e. The molecule has 7 N–H and O–H groups in total. The van der Waals surface area contributed by atoms with Crippen LogP contribution >= 0.6 is 23.5 Å². The minimum atomic E-state index is -5.83. The molecular formula is C11H15FN3O15P3. The van der Waals surface area contributed by atoms with Crippen molar-refractivity contribution in [2.75, 3.05) is 13.3 Å². The van der Waals surface area contributed by atoms with Crippen molar-refractivity contribution < 1.29 is 65.8 Å². The molecule has 1 saturated heterocycles. The van der Waals surface area contributed by atoms with Crippen LogP contribution in [0.4, 0.5) is 4.39 Å². The molecule has 18 nitrogen and oxygen atoms in total. The number of aromatic amines is 1. The number of alkyl halides is 1. The van der Waals surface area contributed by atoms with E-state index in [0.717, 1.165) is 0 Å². The summed E-state index contributed by atoms with van der Waals surface area (Å²) in [7, 11) is -17.1. The van der Waals surface area contributed by atoms with E-state index in [1.165, 1.54) is 0 Å². The average Bonchev–Trinajstić information content (AvgIpc) is 2.87. The highest BCUT2D eigenvalue weighted by molar-refractivity contribution is 7.66. The lowest BCUT2D eigenvalue weighted by Crippen LogP contribution is -2.49. The van der Waals surface area contributed by atoms with E-state index in [4.69, 9.17) is 19.4 Å². The molecule has 0 radical (unpaired) electrons. The highest BCUT2D eigenvalue weighted by Gasteiger charge is 2.57. The summed E-state index contributed by atoms with van der Waals surface area (Å²) in [5.74, 6) is 3.68. The number of hydrogen-bond donors (Lipinski definition) is 7. The van der Waals surface area contributed by atoms with Gasteiger partial charge in [-0.3, -0.25) is 14.3 Å². The average molecular weight is 541 g/mol. The first-order chi connectivity index (χ1) is 15.0. The van der Waals surface area contributed by atoms with Crippen molar-refractivity contribution in [3.63, 3.8) is 0 Å². The lowest BCUT2D eigenvalue weighted by Gasteiger charge is -2.25. The van der Waals surface area contributed by atoms with Crippen LogP contribution in [0.2, 0.25) is 0 Å². The molecule has 0 amide bonds.